The first kappa shape index (κ1) is 13.4. The molecule has 0 radical (unpaired) electrons. The zero-order valence-electron chi connectivity index (χ0n) is 9.85. The average Bonchev–Trinajstić information content (AvgIpc) is 2.32. The quantitative estimate of drug-likeness (QED) is 0.602. The number of nitrogen functional groups attached to an aromatic ring is 1. The molecule has 0 aliphatic carbocycles. The van der Waals surface area contributed by atoms with E-state index in [-0.39, 0.29) is 18.9 Å². The lowest BCUT2D eigenvalue weighted by atomic mass is 10.2. The molecule has 1 aromatic heterocycles. The van der Waals surface area contributed by atoms with Gasteiger partial charge in [0, 0.05) is 18.8 Å². The predicted octanol–water partition coefficient (Wildman–Crippen LogP) is 0.485. The third-order valence-corrected chi connectivity index (χ3v) is 2.35. The van der Waals surface area contributed by atoms with Gasteiger partial charge in [-0.3, -0.25) is 9.78 Å². The van der Waals surface area contributed by atoms with Gasteiger partial charge in [-0.05, 0) is 31.4 Å². The van der Waals surface area contributed by atoms with Crippen LogP contribution in [0.2, 0.25) is 0 Å². The SMILES string of the molecule is Nc1ccc(CC(=O)NCCCCCO)nc1. The molecule has 0 aliphatic heterocycles. The summed E-state index contributed by atoms with van der Waals surface area (Å²) in [5, 5.41) is 11.4. The van der Waals surface area contributed by atoms with Crippen LogP contribution in [-0.2, 0) is 11.2 Å². The normalized spacial score (nSPS) is 10.2. The van der Waals surface area contributed by atoms with Crippen LogP contribution in [0.4, 0.5) is 5.69 Å². The number of pyridine rings is 1. The molecule has 1 rings (SSSR count). The third kappa shape index (κ3) is 5.87. The van der Waals surface area contributed by atoms with Crippen molar-refractivity contribution in [1.82, 2.24) is 10.3 Å². The fourth-order valence-electron chi connectivity index (χ4n) is 1.41. The Hall–Kier alpha value is -1.62. The summed E-state index contributed by atoms with van der Waals surface area (Å²) in [5.74, 6) is -0.0359. The van der Waals surface area contributed by atoms with Gasteiger partial charge in [0.15, 0.2) is 0 Å². The molecule has 0 saturated heterocycles. The van der Waals surface area contributed by atoms with Gasteiger partial charge >= 0.3 is 0 Å². The highest BCUT2D eigenvalue weighted by Crippen LogP contribution is 2.01. The molecule has 0 spiro atoms. The van der Waals surface area contributed by atoms with E-state index in [2.05, 4.69) is 10.3 Å². The summed E-state index contributed by atoms with van der Waals surface area (Å²) in [5.41, 5.74) is 6.81. The number of aliphatic hydroxyl groups excluding tert-OH is 1. The summed E-state index contributed by atoms with van der Waals surface area (Å²) < 4.78 is 0. The molecule has 0 aliphatic rings. The van der Waals surface area contributed by atoms with Gasteiger partial charge in [-0.2, -0.15) is 0 Å². The van der Waals surface area contributed by atoms with E-state index in [0.29, 0.717) is 17.9 Å². The molecule has 5 nitrogen and oxygen atoms in total. The van der Waals surface area contributed by atoms with Crippen molar-refractivity contribution in [2.75, 3.05) is 18.9 Å². The molecule has 17 heavy (non-hydrogen) atoms. The molecule has 0 aromatic carbocycles. The van der Waals surface area contributed by atoms with Crippen LogP contribution in [0, 0.1) is 0 Å². The van der Waals surface area contributed by atoms with Gasteiger partial charge < -0.3 is 16.2 Å². The molecule has 0 bridgehead atoms. The minimum Gasteiger partial charge on any atom is -0.397 e. The Balaban J connectivity index is 2.18. The molecule has 0 fully saturated rings. The summed E-state index contributed by atoms with van der Waals surface area (Å²) in [6, 6.07) is 3.48. The van der Waals surface area contributed by atoms with Gasteiger partial charge in [-0.15, -0.1) is 0 Å². The second-order valence-electron chi connectivity index (χ2n) is 3.89. The van der Waals surface area contributed by atoms with Crippen LogP contribution >= 0.6 is 0 Å². The number of rotatable bonds is 7. The number of unbranched alkanes of at least 4 members (excludes halogenated alkanes) is 2. The molecule has 1 aromatic rings. The first-order valence-corrected chi connectivity index (χ1v) is 5.80. The van der Waals surface area contributed by atoms with Gasteiger partial charge in [-0.25, -0.2) is 0 Å². The lowest BCUT2D eigenvalue weighted by Gasteiger charge is -2.04. The number of amides is 1. The van der Waals surface area contributed by atoms with E-state index in [9.17, 15) is 4.79 Å². The minimum absolute atomic E-state index is 0.0359. The van der Waals surface area contributed by atoms with Crippen molar-refractivity contribution in [2.45, 2.75) is 25.7 Å². The third-order valence-electron chi connectivity index (χ3n) is 2.35. The Morgan fingerprint density at radius 3 is 2.82 bits per heavy atom. The smallest absolute Gasteiger partial charge is 0.226 e. The van der Waals surface area contributed by atoms with E-state index >= 15 is 0 Å². The molecule has 5 heteroatoms. The van der Waals surface area contributed by atoms with Crippen molar-refractivity contribution >= 4 is 11.6 Å². The summed E-state index contributed by atoms with van der Waals surface area (Å²) in [6.45, 7) is 0.858. The van der Waals surface area contributed by atoms with Crippen molar-refractivity contribution < 1.29 is 9.90 Å². The van der Waals surface area contributed by atoms with Crippen LogP contribution in [0.25, 0.3) is 0 Å². The first-order chi connectivity index (χ1) is 8.22. The van der Waals surface area contributed by atoms with Gasteiger partial charge in [0.25, 0.3) is 0 Å². The van der Waals surface area contributed by atoms with E-state index in [4.69, 9.17) is 10.8 Å². The zero-order chi connectivity index (χ0) is 12.5. The van der Waals surface area contributed by atoms with Crippen LogP contribution in [0.3, 0.4) is 0 Å². The maximum absolute atomic E-state index is 11.5. The van der Waals surface area contributed by atoms with Crippen molar-refractivity contribution in [3.8, 4) is 0 Å². The molecule has 1 heterocycles. The zero-order valence-corrected chi connectivity index (χ0v) is 9.85. The molecular formula is C12H19N3O2. The highest BCUT2D eigenvalue weighted by Gasteiger charge is 2.03. The highest BCUT2D eigenvalue weighted by molar-refractivity contribution is 5.78. The van der Waals surface area contributed by atoms with Crippen LogP contribution in [-0.4, -0.2) is 29.1 Å². The lowest BCUT2D eigenvalue weighted by Crippen LogP contribution is -2.26. The number of carbonyl (C=O) groups is 1. The van der Waals surface area contributed by atoms with Crippen LogP contribution in [0.5, 0.6) is 0 Å². The molecule has 0 unspecified atom stereocenters. The van der Waals surface area contributed by atoms with E-state index in [1.807, 2.05) is 0 Å². The van der Waals surface area contributed by atoms with Crippen molar-refractivity contribution in [3.05, 3.63) is 24.0 Å². The Kier molecular flexibility index (Phi) is 6.03. The number of hydrogen-bond acceptors (Lipinski definition) is 4. The number of anilines is 1. The number of nitrogens with one attached hydrogen (secondary N) is 1. The molecule has 0 saturated carbocycles. The standard InChI is InChI=1S/C12H19N3O2/c13-10-4-5-11(15-9-10)8-12(17)14-6-2-1-3-7-16/h4-5,9,16H,1-3,6-8,13H2,(H,14,17). The number of carbonyl (C=O) groups excluding carboxylic acids is 1. The van der Waals surface area contributed by atoms with Crippen molar-refractivity contribution in [2.24, 2.45) is 0 Å². The predicted molar refractivity (Wildman–Crippen MR) is 66.3 cm³/mol. The van der Waals surface area contributed by atoms with Crippen molar-refractivity contribution in [1.29, 1.82) is 0 Å². The minimum atomic E-state index is -0.0359. The molecule has 94 valence electrons. The number of nitrogens with zero attached hydrogens (tertiary/aromatic N) is 1. The Morgan fingerprint density at radius 2 is 2.18 bits per heavy atom. The fraction of sp³-hybridized carbons (Fsp3) is 0.500. The van der Waals surface area contributed by atoms with E-state index in [1.165, 1.54) is 0 Å². The molecule has 1 amide bonds. The number of hydrogen-bond donors (Lipinski definition) is 3. The average molecular weight is 237 g/mol. The van der Waals surface area contributed by atoms with Gasteiger partial charge in [0.05, 0.1) is 18.3 Å². The monoisotopic (exact) mass is 237 g/mol. The van der Waals surface area contributed by atoms with E-state index < -0.39 is 0 Å². The second kappa shape index (κ2) is 7.62. The largest absolute Gasteiger partial charge is 0.397 e. The Labute approximate surface area is 101 Å². The Bertz CT molecular complexity index is 338. The first-order valence-electron chi connectivity index (χ1n) is 5.80. The molecule has 0 atom stereocenters. The second-order valence-corrected chi connectivity index (χ2v) is 3.89. The van der Waals surface area contributed by atoms with Crippen LogP contribution in [0.15, 0.2) is 18.3 Å². The van der Waals surface area contributed by atoms with Gasteiger partial charge in [0.2, 0.25) is 5.91 Å². The summed E-state index contributed by atoms with van der Waals surface area (Å²) in [7, 11) is 0. The molecular weight excluding hydrogens is 218 g/mol. The van der Waals surface area contributed by atoms with Crippen LogP contribution in [0.1, 0.15) is 25.0 Å². The van der Waals surface area contributed by atoms with E-state index in [0.717, 1.165) is 19.3 Å². The van der Waals surface area contributed by atoms with Crippen LogP contribution < -0.4 is 11.1 Å². The van der Waals surface area contributed by atoms with Crippen molar-refractivity contribution in [3.63, 3.8) is 0 Å². The maximum atomic E-state index is 11.5. The lowest BCUT2D eigenvalue weighted by molar-refractivity contribution is -0.120. The number of aliphatic hydroxyl groups is 1. The highest BCUT2D eigenvalue weighted by atomic mass is 16.2. The summed E-state index contributed by atoms with van der Waals surface area (Å²) >= 11 is 0. The Morgan fingerprint density at radius 1 is 1.35 bits per heavy atom. The summed E-state index contributed by atoms with van der Waals surface area (Å²) in [4.78, 5) is 15.6. The van der Waals surface area contributed by atoms with E-state index in [1.54, 1.807) is 18.3 Å². The maximum Gasteiger partial charge on any atom is 0.226 e. The number of nitrogens with two attached hydrogens (primary N) is 1. The summed E-state index contributed by atoms with van der Waals surface area (Å²) in [6.07, 6.45) is 4.43. The fourth-order valence-corrected chi connectivity index (χ4v) is 1.41. The molecule has 4 N–H and O–H groups in total. The van der Waals surface area contributed by atoms with Gasteiger partial charge in [-0.1, -0.05) is 0 Å². The van der Waals surface area contributed by atoms with Gasteiger partial charge in [0.1, 0.15) is 0 Å². The number of aromatic nitrogens is 1. The topological polar surface area (TPSA) is 88.2 Å².